The molecule has 6 heteroatoms. The zero-order valence-corrected chi connectivity index (χ0v) is 14.4. The smallest absolute Gasteiger partial charge is 0.236 e. The Labute approximate surface area is 139 Å². The molecule has 6 nitrogen and oxygen atoms in total. The number of carbonyl (C=O) groups is 2. The molecular formula is C17H30N4O2. The number of likely N-dealkylation sites (N-methyl/N-ethyl adjacent to an activating group) is 1. The van der Waals surface area contributed by atoms with Crippen LogP contribution in [0.2, 0.25) is 0 Å². The summed E-state index contributed by atoms with van der Waals surface area (Å²) in [5.41, 5.74) is 0. The molecule has 0 aromatic heterocycles. The lowest BCUT2D eigenvalue weighted by Gasteiger charge is -2.25. The number of amides is 2. The maximum Gasteiger partial charge on any atom is 0.236 e. The van der Waals surface area contributed by atoms with E-state index >= 15 is 0 Å². The third kappa shape index (κ3) is 4.67. The molecule has 0 aromatic rings. The topological polar surface area (TPSA) is 47.1 Å². The highest BCUT2D eigenvalue weighted by molar-refractivity contribution is 5.79. The van der Waals surface area contributed by atoms with Gasteiger partial charge in [-0.3, -0.25) is 19.4 Å². The van der Waals surface area contributed by atoms with Gasteiger partial charge in [0.25, 0.3) is 0 Å². The van der Waals surface area contributed by atoms with Crippen LogP contribution in [0.5, 0.6) is 0 Å². The van der Waals surface area contributed by atoms with Crippen molar-refractivity contribution in [3.8, 4) is 0 Å². The molecule has 23 heavy (non-hydrogen) atoms. The predicted octanol–water partition coefficient (Wildman–Crippen LogP) is 0.237. The monoisotopic (exact) mass is 322 g/mol. The fraction of sp³-hybridized carbons (Fsp3) is 0.882. The second-order valence-corrected chi connectivity index (χ2v) is 7.23. The Kier molecular flexibility index (Phi) is 5.54. The Balaban J connectivity index is 1.41. The first-order valence-corrected chi connectivity index (χ1v) is 9.11. The molecule has 1 aliphatic carbocycles. The van der Waals surface area contributed by atoms with Crippen molar-refractivity contribution in [2.24, 2.45) is 0 Å². The van der Waals surface area contributed by atoms with Gasteiger partial charge < -0.3 is 9.80 Å². The van der Waals surface area contributed by atoms with Crippen LogP contribution in [0, 0.1) is 0 Å². The largest absolute Gasteiger partial charge is 0.342 e. The minimum atomic E-state index is 0.245. The molecular weight excluding hydrogens is 292 g/mol. The lowest BCUT2D eigenvalue weighted by atomic mass is 10.3. The predicted molar refractivity (Wildman–Crippen MR) is 89.1 cm³/mol. The Morgan fingerprint density at radius 2 is 1.48 bits per heavy atom. The van der Waals surface area contributed by atoms with Crippen LogP contribution in [0.15, 0.2) is 0 Å². The summed E-state index contributed by atoms with van der Waals surface area (Å²) in [5.74, 6) is 0.523. The fourth-order valence-electron chi connectivity index (χ4n) is 3.57. The molecule has 3 rings (SSSR count). The lowest BCUT2D eigenvalue weighted by Crippen LogP contribution is -2.42. The van der Waals surface area contributed by atoms with E-state index in [4.69, 9.17) is 0 Å². The lowest BCUT2D eigenvalue weighted by molar-refractivity contribution is -0.132. The van der Waals surface area contributed by atoms with Gasteiger partial charge in [-0.25, -0.2) is 0 Å². The van der Waals surface area contributed by atoms with Gasteiger partial charge >= 0.3 is 0 Å². The van der Waals surface area contributed by atoms with Gasteiger partial charge in [0.2, 0.25) is 11.8 Å². The van der Waals surface area contributed by atoms with E-state index in [-0.39, 0.29) is 11.8 Å². The summed E-state index contributed by atoms with van der Waals surface area (Å²) in [4.78, 5) is 32.9. The van der Waals surface area contributed by atoms with Crippen molar-refractivity contribution >= 4 is 11.8 Å². The van der Waals surface area contributed by atoms with Gasteiger partial charge in [-0.1, -0.05) is 0 Å². The minimum absolute atomic E-state index is 0.245. The Bertz CT molecular complexity index is 408. The van der Waals surface area contributed by atoms with E-state index in [2.05, 4.69) is 9.80 Å². The fourth-order valence-corrected chi connectivity index (χ4v) is 3.57. The molecule has 1 saturated carbocycles. The highest BCUT2D eigenvalue weighted by Gasteiger charge is 2.30. The molecule has 2 aliphatic heterocycles. The van der Waals surface area contributed by atoms with E-state index in [0.717, 1.165) is 71.4 Å². The Hall–Kier alpha value is -1.14. The van der Waals surface area contributed by atoms with Gasteiger partial charge in [-0.15, -0.1) is 0 Å². The zero-order valence-electron chi connectivity index (χ0n) is 14.4. The molecule has 2 saturated heterocycles. The first-order chi connectivity index (χ1) is 11.1. The van der Waals surface area contributed by atoms with Gasteiger partial charge in [0.1, 0.15) is 0 Å². The quantitative estimate of drug-likeness (QED) is 0.727. The van der Waals surface area contributed by atoms with Crippen molar-refractivity contribution in [2.45, 2.75) is 38.1 Å². The number of hydrogen-bond donors (Lipinski definition) is 0. The van der Waals surface area contributed by atoms with Crippen molar-refractivity contribution in [1.29, 1.82) is 0 Å². The van der Waals surface area contributed by atoms with E-state index in [9.17, 15) is 9.59 Å². The van der Waals surface area contributed by atoms with Gasteiger partial charge in [-0.2, -0.15) is 0 Å². The third-order valence-corrected chi connectivity index (χ3v) is 5.35. The molecule has 0 aromatic carbocycles. The number of likely N-dealkylation sites (tertiary alicyclic amines) is 1. The second-order valence-electron chi connectivity index (χ2n) is 7.23. The first kappa shape index (κ1) is 16.7. The number of carbonyl (C=O) groups excluding carboxylic acids is 2. The van der Waals surface area contributed by atoms with Crippen LogP contribution in [-0.4, -0.2) is 96.9 Å². The van der Waals surface area contributed by atoms with Gasteiger partial charge in [0.05, 0.1) is 13.1 Å². The van der Waals surface area contributed by atoms with Gasteiger partial charge in [0.15, 0.2) is 0 Å². The van der Waals surface area contributed by atoms with E-state index in [1.165, 1.54) is 0 Å². The maximum atomic E-state index is 12.3. The maximum absolute atomic E-state index is 12.3. The summed E-state index contributed by atoms with van der Waals surface area (Å²) in [6.07, 6.45) is 5.66. The highest BCUT2D eigenvalue weighted by atomic mass is 16.2. The van der Waals surface area contributed by atoms with Crippen LogP contribution in [0.3, 0.4) is 0 Å². The van der Waals surface area contributed by atoms with Gasteiger partial charge in [-0.05, 0) is 45.2 Å². The third-order valence-electron chi connectivity index (χ3n) is 5.35. The summed E-state index contributed by atoms with van der Waals surface area (Å²) in [7, 11) is 1.93. The number of hydrogen-bond acceptors (Lipinski definition) is 4. The minimum Gasteiger partial charge on any atom is -0.342 e. The molecule has 0 atom stereocenters. The zero-order chi connectivity index (χ0) is 16.2. The summed E-state index contributed by atoms with van der Waals surface area (Å²) in [5, 5.41) is 0. The van der Waals surface area contributed by atoms with Crippen LogP contribution in [0.4, 0.5) is 0 Å². The van der Waals surface area contributed by atoms with Gasteiger partial charge in [0, 0.05) is 39.3 Å². The van der Waals surface area contributed by atoms with Crippen LogP contribution in [-0.2, 0) is 9.59 Å². The molecule has 0 radical (unpaired) electrons. The standard InChI is InChI=1S/C17H30N4O2/c1-18(15-5-6-15)16(22)13-19-7-4-8-20(12-11-19)14-17(23)21-9-2-3-10-21/h15H,2-14H2,1H3. The molecule has 2 heterocycles. The number of rotatable bonds is 5. The van der Waals surface area contributed by atoms with Crippen LogP contribution >= 0.6 is 0 Å². The average Bonchev–Trinajstić information content (AvgIpc) is 3.28. The molecule has 3 aliphatic rings. The molecule has 130 valence electrons. The number of nitrogens with zero attached hydrogens (tertiary/aromatic N) is 4. The molecule has 0 bridgehead atoms. The Morgan fingerprint density at radius 3 is 2.09 bits per heavy atom. The summed E-state index contributed by atoms with van der Waals surface area (Å²) in [6, 6.07) is 0.490. The summed E-state index contributed by atoms with van der Waals surface area (Å²) >= 11 is 0. The average molecular weight is 322 g/mol. The molecule has 2 amide bonds. The van der Waals surface area contributed by atoms with E-state index in [1.807, 2.05) is 16.8 Å². The van der Waals surface area contributed by atoms with E-state index < -0.39 is 0 Å². The van der Waals surface area contributed by atoms with E-state index in [1.54, 1.807) is 0 Å². The first-order valence-electron chi connectivity index (χ1n) is 9.11. The van der Waals surface area contributed by atoms with Crippen molar-refractivity contribution in [3.05, 3.63) is 0 Å². The summed E-state index contributed by atoms with van der Waals surface area (Å²) in [6.45, 7) is 6.63. The van der Waals surface area contributed by atoms with Crippen molar-refractivity contribution in [3.63, 3.8) is 0 Å². The molecule has 0 spiro atoms. The van der Waals surface area contributed by atoms with E-state index in [0.29, 0.717) is 19.1 Å². The SMILES string of the molecule is CN(C(=O)CN1CCCN(CC(=O)N2CCCC2)CC1)C1CC1. The second kappa shape index (κ2) is 7.62. The Morgan fingerprint density at radius 1 is 0.870 bits per heavy atom. The molecule has 0 unspecified atom stereocenters. The van der Waals surface area contributed by atoms with Crippen LogP contribution < -0.4 is 0 Å². The van der Waals surface area contributed by atoms with Crippen LogP contribution in [0.1, 0.15) is 32.1 Å². The van der Waals surface area contributed by atoms with Crippen molar-refractivity contribution in [1.82, 2.24) is 19.6 Å². The summed E-state index contributed by atoms with van der Waals surface area (Å²) < 4.78 is 0. The highest BCUT2D eigenvalue weighted by Crippen LogP contribution is 2.25. The normalized spacial score (nSPS) is 23.8. The van der Waals surface area contributed by atoms with Crippen molar-refractivity contribution < 1.29 is 9.59 Å². The molecule has 3 fully saturated rings. The van der Waals surface area contributed by atoms with Crippen molar-refractivity contribution in [2.75, 3.05) is 59.4 Å². The molecule has 0 N–H and O–H groups in total. The van der Waals surface area contributed by atoms with Crippen LogP contribution in [0.25, 0.3) is 0 Å².